The minimum atomic E-state index is -0.133. The van der Waals surface area contributed by atoms with Crippen LogP contribution in [0.15, 0.2) is 53.9 Å². The molecule has 0 bridgehead atoms. The van der Waals surface area contributed by atoms with Crippen LogP contribution in [0.1, 0.15) is 17.2 Å². The highest BCUT2D eigenvalue weighted by molar-refractivity contribution is 5.98. The van der Waals surface area contributed by atoms with Crippen molar-refractivity contribution in [3.8, 4) is 0 Å². The van der Waals surface area contributed by atoms with Gasteiger partial charge in [0.15, 0.2) is 5.84 Å². The Balaban J connectivity index is 1.66. The number of fused-ring (bicyclic) bond motifs is 1. The molecule has 26 heavy (non-hydrogen) atoms. The quantitative estimate of drug-likeness (QED) is 0.206. The molecule has 1 saturated heterocycles. The Kier molecular flexibility index (Phi) is 3.90. The Morgan fingerprint density at radius 1 is 1.27 bits per heavy atom. The summed E-state index contributed by atoms with van der Waals surface area (Å²) in [5.41, 5.74) is 12.3. The maximum absolute atomic E-state index is 12.4. The number of hydrogen-bond donors (Lipinski definition) is 5. The third-order valence-electron chi connectivity index (χ3n) is 4.44. The molecule has 1 aliphatic rings. The lowest BCUT2D eigenvalue weighted by molar-refractivity contribution is 0.251. The Bertz CT molecular complexity index is 978. The van der Waals surface area contributed by atoms with E-state index in [4.69, 9.17) is 11.6 Å². The fourth-order valence-corrected chi connectivity index (χ4v) is 3.15. The SMILES string of the molecule is NN/N=C(\N)c1ccc(C2CNC(=O)N2c2ccc3nc[nH]c3c2)cc1. The number of hydrogen-bond acceptors (Lipinski definition) is 5. The molecule has 1 atom stereocenters. The van der Waals surface area contributed by atoms with Crippen LogP contribution in [0, 0.1) is 0 Å². The Labute approximate surface area is 149 Å². The molecule has 2 heterocycles. The van der Waals surface area contributed by atoms with Gasteiger partial charge in [0.1, 0.15) is 0 Å². The van der Waals surface area contributed by atoms with E-state index in [1.165, 1.54) is 0 Å². The summed E-state index contributed by atoms with van der Waals surface area (Å²) in [5.74, 6) is 5.44. The van der Waals surface area contributed by atoms with Crippen molar-refractivity contribution >= 4 is 28.6 Å². The first-order chi connectivity index (χ1) is 12.7. The number of rotatable bonds is 4. The third-order valence-corrected chi connectivity index (χ3v) is 4.44. The van der Waals surface area contributed by atoms with Gasteiger partial charge in [-0.15, -0.1) is 5.10 Å². The number of H-pyrrole nitrogens is 1. The third kappa shape index (κ3) is 2.70. The van der Waals surface area contributed by atoms with Gasteiger partial charge in [0.05, 0.1) is 23.4 Å². The minimum Gasteiger partial charge on any atom is -0.382 e. The number of carbonyl (C=O) groups excluding carboxylic acids is 1. The summed E-state index contributed by atoms with van der Waals surface area (Å²) in [6, 6.07) is 13.0. The average Bonchev–Trinajstić information content (AvgIpc) is 3.27. The van der Waals surface area contributed by atoms with Crippen molar-refractivity contribution in [2.75, 3.05) is 11.4 Å². The molecule has 3 aromatic rings. The molecule has 0 spiro atoms. The van der Waals surface area contributed by atoms with Crippen LogP contribution in [-0.2, 0) is 0 Å². The average molecular weight is 350 g/mol. The van der Waals surface area contributed by atoms with Gasteiger partial charge >= 0.3 is 6.03 Å². The standard InChI is InChI=1S/C17H18N8O/c18-16(23-24-19)11-3-1-10(2-4-11)15-8-20-17(26)25(15)12-5-6-13-14(7-12)22-9-21-13/h1-7,9,15,24H,8,19H2,(H2,18,23)(H,20,26)(H,21,22). The molecular weight excluding hydrogens is 332 g/mol. The van der Waals surface area contributed by atoms with Crippen LogP contribution in [0.3, 0.4) is 0 Å². The number of urea groups is 1. The predicted molar refractivity (Wildman–Crippen MR) is 99.2 cm³/mol. The highest BCUT2D eigenvalue weighted by Crippen LogP contribution is 2.32. The van der Waals surface area contributed by atoms with E-state index in [-0.39, 0.29) is 12.1 Å². The lowest BCUT2D eigenvalue weighted by Crippen LogP contribution is -2.29. The molecule has 2 aromatic carbocycles. The van der Waals surface area contributed by atoms with Gasteiger partial charge in [0.25, 0.3) is 0 Å². The van der Waals surface area contributed by atoms with Crippen LogP contribution in [0.4, 0.5) is 10.5 Å². The number of benzene rings is 2. The molecule has 1 unspecified atom stereocenters. The van der Waals surface area contributed by atoms with Gasteiger partial charge in [0.2, 0.25) is 0 Å². The summed E-state index contributed by atoms with van der Waals surface area (Å²) in [5, 5.41) is 6.66. The molecule has 2 amide bonds. The fraction of sp³-hybridized carbons (Fsp3) is 0.118. The van der Waals surface area contributed by atoms with E-state index in [0.29, 0.717) is 12.4 Å². The molecule has 0 aliphatic carbocycles. The molecule has 9 heteroatoms. The first kappa shape index (κ1) is 15.9. The number of hydrazine groups is 1. The van der Waals surface area contributed by atoms with Crippen molar-refractivity contribution < 1.29 is 4.79 Å². The number of imidazole rings is 1. The highest BCUT2D eigenvalue weighted by Gasteiger charge is 2.33. The molecule has 4 rings (SSSR count). The van der Waals surface area contributed by atoms with Crippen LogP contribution >= 0.6 is 0 Å². The van der Waals surface area contributed by atoms with Crippen molar-refractivity contribution in [1.29, 1.82) is 0 Å². The van der Waals surface area contributed by atoms with E-state index in [9.17, 15) is 4.79 Å². The lowest BCUT2D eigenvalue weighted by atomic mass is 10.0. The van der Waals surface area contributed by atoms with Crippen molar-refractivity contribution in [3.05, 3.63) is 59.9 Å². The van der Waals surface area contributed by atoms with Gasteiger partial charge in [-0.25, -0.2) is 21.2 Å². The molecule has 1 fully saturated rings. The van der Waals surface area contributed by atoms with E-state index in [1.54, 1.807) is 11.2 Å². The Morgan fingerprint density at radius 2 is 2.08 bits per heavy atom. The second-order valence-electron chi connectivity index (χ2n) is 5.92. The van der Waals surface area contributed by atoms with Crippen LogP contribution < -0.4 is 27.3 Å². The number of aromatic nitrogens is 2. The summed E-state index contributed by atoms with van der Waals surface area (Å²) < 4.78 is 0. The Hall–Kier alpha value is -3.59. The number of nitrogens with zero attached hydrogens (tertiary/aromatic N) is 3. The van der Waals surface area contributed by atoms with Gasteiger partial charge in [-0.05, 0) is 23.8 Å². The van der Waals surface area contributed by atoms with Crippen LogP contribution in [0.5, 0.6) is 0 Å². The van der Waals surface area contributed by atoms with E-state index in [0.717, 1.165) is 27.8 Å². The largest absolute Gasteiger partial charge is 0.382 e. The van der Waals surface area contributed by atoms with E-state index >= 15 is 0 Å². The topological polar surface area (TPSA) is 137 Å². The molecule has 0 radical (unpaired) electrons. The maximum atomic E-state index is 12.4. The number of anilines is 1. The molecular formula is C17H18N8O. The number of amides is 2. The summed E-state index contributed by atoms with van der Waals surface area (Å²) >= 11 is 0. The van der Waals surface area contributed by atoms with Gasteiger partial charge in [-0.3, -0.25) is 4.90 Å². The fourth-order valence-electron chi connectivity index (χ4n) is 3.15. The van der Waals surface area contributed by atoms with Gasteiger partial charge in [0, 0.05) is 17.8 Å². The normalized spacial score (nSPS) is 17.6. The van der Waals surface area contributed by atoms with Crippen molar-refractivity contribution in [2.24, 2.45) is 16.7 Å². The predicted octanol–water partition coefficient (Wildman–Crippen LogP) is 0.917. The van der Waals surface area contributed by atoms with Crippen molar-refractivity contribution in [2.45, 2.75) is 6.04 Å². The molecule has 7 N–H and O–H groups in total. The second kappa shape index (κ2) is 6.37. The van der Waals surface area contributed by atoms with E-state index < -0.39 is 0 Å². The van der Waals surface area contributed by atoms with Crippen LogP contribution in [0.25, 0.3) is 11.0 Å². The first-order valence-electron chi connectivity index (χ1n) is 8.06. The molecule has 132 valence electrons. The highest BCUT2D eigenvalue weighted by atomic mass is 16.2. The lowest BCUT2D eigenvalue weighted by Gasteiger charge is -2.23. The second-order valence-corrected chi connectivity index (χ2v) is 5.92. The summed E-state index contributed by atoms with van der Waals surface area (Å²) in [7, 11) is 0. The maximum Gasteiger partial charge on any atom is 0.322 e. The summed E-state index contributed by atoms with van der Waals surface area (Å²) in [6.07, 6.45) is 1.64. The molecule has 9 nitrogen and oxygen atoms in total. The zero-order valence-corrected chi connectivity index (χ0v) is 13.8. The van der Waals surface area contributed by atoms with Crippen molar-refractivity contribution in [3.63, 3.8) is 0 Å². The number of carbonyl (C=O) groups is 1. The monoisotopic (exact) mass is 350 g/mol. The minimum absolute atomic E-state index is 0.122. The van der Waals surface area contributed by atoms with Crippen LogP contribution in [0.2, 0.25) is 0 Å². The van der Waals surface area contributed by atoms with E-state index in [1.807, 2.05) is 42.5 Å². The first-order valence-corrected chi connectivity index (χ1v) is 8.06. The number of aromatic amines is 1. The number of hydrazone groups is 1. The molecule has 1 aliphatic heterocycles. The summed E-state index contributed by atoms with van der Waals surface area (Å²) in [6.45, 7) is 0.521. The van der Waals surface area contributed by atoms with Gasteiger partial charge in [-0.2, -0.15) is 0 Å². The number of amidine groups is 1. The number of nitrogens with two attached hydrogens (primary N) is 2. The van der Waals surface area contributed by atoms with Crippen LogP contribution in [-0.4, -0.2) is 28.4 Å². The van der Waals surface area contributed by atoms with Gasteiger partial charge in [-0.1, -0.05) is 24.3 Å². The summed E-state index contributed by atoms with van der Waals surface area (Å²) in [4.78, 5) is 21.4. The van der Waals surface area contributed by atoms with E-state index in [2.05, 4.69) is 25.9 Å². The zero-order chi connectivity index (χ0) is 18.1. The Morgan fingerprint density at radius 3 is 2.85 bits per heavy atom. The zero-order valence-electron chi connectivity index (χ0n) is 13.8. The van der Waals surface area contributed by atoms with Crippen molar-refractivity contribution in [1.82, 2.24) is 20.8 Å². The molecule has 0 saturated carbocycles. The van der Waals surface area contributed by atoms with Gasteiger partial charge < -0.3 is 16.0 Å². The number of nitrogens with one attached hydrogen (secondary N) is 3. The smallest absolute Gasteiger partial charge is 0.322 e. The molecule has 1 aromatic heterocycles.